The summed E-state index contributed by atoms with van der Waals surface area (Å²) in [5, 5.41) is 9.77. The molecule has 1 aliphatic rings. The highest BCUT2D eigenvalue weighted by Crippen LogP contribution is 2.38. The maximum atomic E-state index is 12.3. The third kappa shape index (κ3) is 3.91. The average molecular weight is 348 g/mol. The lowest BCUT2D eigenvalue weighted by Gasteiger charge is -2.11. The minimum atomic E-state index is -0.287. The first-order chi connectivity index (χ1) is 12.7. The van der Waals surface area contributed by atoms with Crippen molar-refractivity contribution in [3.63, 3.8) is 0 Å². The van der Waals surface area contributed by atoms with E-state index in [1.165, 1.54) is 0 Å². The van der Waals surface area contributed by atoms with E-state index in [4.69, 9.17) is 4.52 Å². The molecular formula is C20H20N4O2. The van der Waals surface area contributed by atoms with E-state index in [2.05, 4.69) is 20.8 Å². The van der Waals surface area contributed by atoms with Crippen LogP contribution in [0.2, 0.25) is 0 Å². The van der Waals surface area contributed by atoms with Gasteiger partial charge in [-0.1, -0.05) is 41.1 Å². The van der Waals surface area contributed by atoms with E-state index in [1.54, 1.807) is 0 Å². The third-order valence-corrected chi connectivity index (χ3v) is 4.34. The summed E-state index contributed by atoms with van der Waals surface area (Å²) in [7, 11) is 0. The number of para-hydroxylation sites is 1. The van der Waals surface area contributed by atoms with Crippen LogP contribution >= 0.6 is 0 Å². The van der Waals surface area contributed by atoms with Crippen molar-refractivity contribution in [2.24, 2.45) is 0 Å². The number of benzene rings is 2. The first kappa shape index (κ1) is 16.3. The van der Waals surface area contributed by atoms with Crippen LogP contribution in [0.15, 0.2) is 53.1 Å². The molecule has 6 nitrogen and oxygen atoms in total. The number of nitrogens with one attached hydrogen (secondary N) is 2. The summed E-state index contributed by atoms with van der Waals surface area (Å²) in [6, 6.07) is 15.0. The predicted octanol–water partition coefficient (Wildman–Crippen LogP) is 4.49. The molecule has 0 radical (unpaired) electrons. The van der Waals surface area contributed by atoms with Crippen LogP contribution in [0.4, 0.5) is 16.2 Å². The summed E-state index contributed by atoms with van der Waals surface area (Å²) in [5.74, 6) is 1.82. The number of anilines is 2. The first-order valence-electron chi connectivity index (χ1n) is 8.72. The molecule has 132 valence electrons. The van der Waals surface area contributed by atoms with Gasteiger partial charge in [0, 0.05) is 17.3 Å². The molecule has 0 atom stereocenters. The van der Waals surface area contributed by atoms with E-state index in [9.17, 15) is 4.79 Å². The molecule has 2 N–H and O–H groups in total. The number of rotatable bonds is 5. The van der Waals surface area contributed by atoms with E-state index in [1.807, 2.05) is 55.5 Å². The van der Waals surface area contributed by atoms with Gasteiger partial charge in [0.15, 0.2) is 5.82 Å². The fourth-order valence-corrected chi connectivity index (χ4v) is 2.73. The average Bonchev–Trinajstić information content (AvgIpc) is 3.38. The van der Waals surface area contributed by atoms with E-state index < -0.39 is 0 Å². The van der Waals surface area contributed by atoms with Crippen LogP contribution in [0, 0.1) is 6.92 Å². The van der Waals surface area contributed by atoms with Gasteiger partial charge in [0.25, 0.3) is 0 Å². The molecule has 2 amide bonds. The van der Waals surface area contributed by atoms with Crippen molar-refractivity contribution in [2.75, 3.05) is 10.6 Å². The molecule has 1 aliphatic carbocycles. The SMILES string of the molecule is Cc1ccc(NC(=O)Nc2ccccc2Cc2nc(C3CC3)no2)cc1. The van der Waals surface area contributed by atoms with Crippen LogP contribution in [0.3, 0.4) is 0 Å². The van der Waals surface area contributed by atoms with Crippen LogP contribution in [0.1, 0.15) is 41.6 Å². The molecule has 1 aromatic heterocycles. The smallest absolute Gasteiger partial charge is 0.323 e. The molecule has 1 fully saturated rings. The summed E-state index contributed by atoms with van der Waals surface area (Å²) >= 11 is 0. The van der Waals surface area contributed by atoms with Gasteiger partial charge >= 0.3 is 6.03 Å². The molecule has 4 rings (SSSR count). The number of carbonyl (C=O) groups is 1. The number of amides is 2. The number of aromatic nitrogens is 2. The quantitative estimate of drug-likeness (QED) is 0.712. The highest BCUT2D eigenvalue weighted by Gasteiger charge is 2.28. The Bertz CT molecular complexity index is 914. The largest absolute Gasteiger partial charge is 0.339 e. The van der Waals surface area contributed by atoms with Crippen molar-refractivity contribution < 1.29 is 9.32 Å². The van der Waals surface area contributed by atoms with Crippen molar-refractivity contribution in [1.82, 2.24) is 10.1 Å². The highest BCUT2D eigenvalue weighted by molar-refractivity contribution is 6.00. The molecule has 26 heavy (non-hydrogen) atoms. The number of nitrogens with zero attached hydrogens (tertiary/aromatic N) is 2. The summed E-state index contributed by atoms with van der Waals surface area (Å²) in [6.45, 7) is 2.01. The van der Waals surface area contributed by atoms with Gasteiger partial charge in [-0.3, -0.25) is 0 Å². The molecule has 3 aromatic rings. The fraction of sp³-hybridized carbons (Fsp3) is 0.250. The Morgan fingerprint density at radius 3 is 2.65 bits per heavy atom. The Morgan fingerprint density at radius 1 is 1.12 bits per heavy atom. The Balaban J connectivity index is 1.44. The number of hydrogen-bond donors (Lipinski definition) is 2. The van der Waals surface area contributed by atoms with Gasteiger partial charge in [-0.15, -0.1) is 0 Å². The van der Waals surface area contributed by atoms with Crippen LogP contribution in [-0.4, -0.2) is 16.2 Å². The van der Waals surface area contributed by atoms with Crippen molar-refractivity contribution in [2.45, 2.75) is 32.1 Å². The van der Waals surface area contributed by atoms with E-state index in [0.29, 0.717) is 18.2 Å². The number of aryl methyl sites for hydroxylation is 1. The molecule has 1 saturated carbocycles. The Morgan fingerprint density at radius 2 is 1.88 bits per heavy atom. The summed E-state index contributed by atoms with van der Waals surface area (Å²) in [6.07, 6.45) is 2.76. The molecule has 0 unspecified atom stereocenters. The lowest BCUT2D eigenvalue weighted by molar-refractivity contribution is 0.262. The lowest BCUT2D eigenvalue weighted by atomic mass is 10.1. The zero-order chi connectivity index (χ0) is 17.9. The van der Waals surface area contributed by atoms with Gasteiger partial charge < -0.3 is 15.2 Å². The Hall–Kier alpha value is -3.15. The molecule has 2 aromatic carbocycles. The maximum Gasteiger partial charge on any atom is 0.323 e. The molecule has 0 spiro atoms. The molecule has 6 heteroatoms. The van der Waals surface area contributed by atoms with Crippen LogP contribution in [-0.2, 0) is 6.42 Å². The predicted molar refractivity (Wildman–Crippen MR) is 99.3 cm³/mol. The monoisotopic (exact) mass is 348 g/mol. The van der Waals surface area contributed by atoms with Gasteiger partial charge in [0.1, 0.15) is 0 Å². The Labute approximate surface area is 151 Å². The zero-order valence-corrected chi connectivity index (χ0v) is 14.5. The fourth-order valence-electron chi connectivity index (χ4n) is 2.73. The molecule has 0 bridgehead atoms. The number of hydrogen-bond acceptors (Lipinski definition) is 4. The number of urea groups is 1. The highest BCUT2D eigenvalue weighted by atomic mass is 16.5. The second kappa shape index (κ2) is 7.00. The minimum Gasteiger partial charge on any atom is -0.339 e. The Kier molecular flexibility index (Phi) is 4.39. The summed E-state index contributed by atoms with van der Waals surface area (Å²) < 4.78 is 5.35. The summed E-state index contributed by atoms with van der Waals surface area (Å²) in [4.78, 5) is 16.8. The van der Waals surface area contributed by atoms with Gasteiger partial charge in [-0.05, 0) is 43.5 Å². The van der Waals surface area contributed by atoms with E-state index in [-0.39, 0.29) is 6.03 Å². The molecule has 0 saturated heterocycles. The zero-order valence-electron chi connectivity index (χ0n) is 14.5. The molecule has 1 heterocycles. The standard InChI is InChI=1S/C20H20N4O2/c1-13-6-10-16(11-7-13)21-20(25)22-17-5-3-2-4-15(17)12-18-23-19(24-26-18)14-8-9-14/h2-7,10-11,14H,8-9,12H2,1H3,(H2,21,22,25). The lowest BCUT2D eigenvalue weighted by Crippen LogP contribution is -2.20. The van der Waals surface area contributed by atoms with Gasteiger partial charge in [0.2, 0.25) is 5.89 Å². The van der Waals surface area contributed by atoms with Gasteiger partial charge in [0.05, 0.1) is 6.42 Å². The molecule has 0 aliphatic heterocycles. The first-order valence-corrected chi connectivity index (χ1v) is 8.72. The van der Waals surface area contributed by atoms with E-state index >= 15 is 0 Å². The second-order valence-electron chi connectivity index (χ2n) is 6.60. The minimum absolute atomic E-state index is 0.287. The topological polar surface area (TPSA) is 80.0 Å². The number of carbonyl (C=O) groups excluding carboxylic acids is 1. The van der Waals surface area contributed by atoms with Crippen molar-refractivity contribution >= 4 is 17.4 Å². The van der Waals surface area contributed by atoms with Crippen molar-refractivity contribution in [3.8, 4) is 0 Å². The maximum absolute atomic E-state index is 12.3. The van der Waals surface area contributed by atoms with Crippen LogP contribution in [0.25, 0.3) is 0 Å². The van der Waals surface area contributed by atoms with E-state index in [0.717, 1.165) is 41.2 Å². The third-order valence-electron chi connectivity index (χ3n) is 4.34. The normalized spacial score (nSPS) is 13.4. The van der Waals surface area contributed by atoms with Gasteiger partial charge in [-0.2, -0.15) is 4.98 Å². The second-order valence-corrected chi connectivity index (χ2v) is 6.60. The van der Waals surface area contributed by atoms with Gasteiger partial charge in [-0.25, -0.2) is 4.79 Å². The van der Waals surface area contributed by atoms with Crippen molar-refractivity contribution in [3.05, 3.63) is 71.4 Å². The summed E-state index contributed by atoms with van der Waals surface area (Å²) in [5.41, 5.74) is 3.55. The van der Waals surface area contributed by atoms with Crippen LogP contribution < -0.4 is 10.6 Å². The van der Waals surface area contributed by atoms with Crippen LogP contribution in [0.5, 0.6) is 0 Å². The van der Waals surface area contributed by atoms with Crippen molar-refractivity contribution in [1.29, 1.82) is 0 Å². The molecular weight excluding hydrogens is 328 g/mol.